The van der Waals surface area contributed by atoms with Crippen molar-refractivity contribution in [2.45, 2.75) is 30.8 Å². The fourth-order valence-corrected chi connectivity index (χ4v) is 1.73. The largest absolute Gasteiger partial charge is 0.387 e. The molecule has 0 saturated carbocycles. The molecule has 9 heteroatoms. The molecule has 18 heavy (non-hydrogen) atoms. The van der Waals surface area contributed by atoms with Crippen molar-refractivity contribution in [1.29, 1.82) is 0 Å². The van der Waals surface area contributed by atoms with Gasteiger partial charge in [-0.1, -0.05) is 0 Å². The van der Waals surface area contributed by atoms with Gasteiger partial charge in [-0.2, -0.15) is 0 Å². The molecule has 2 unspecified atom stereocenters. The molecule has 0 radical (unpaired) electrons. The minimum absolute atomic E-state index is 0.254. The highest BCUT2D eigenvalue weighted by Crippen LogP contribution is 2.30. The van der Waals surface area contributed by atoms with E-state index in [1.807, 2.05) is 4.98 Å². The first kappa shape index (κ1) is 12.9. The SMILES string of the molecule is O=c1[nH]cc(C2OC(F)[C@@H](O)[C@@H](O)[C@@H]2O)c(=O)[nH]1. The van der Waals surface area contributed by atoms with Crippen LogP contribution in [0.5, 0.6) is 0 Å². The van der Waals surface area contributed by atoms with Crippen molar-refractivity contribution < 1.29 is 24.4 Å². The van der Waals surface area contributed by atoms with Crippen molar-refractivity contribution >= 4 is 0 Å². The second-order valence-electron chi connectivity index (χ2n) is 3.91. The monoisotopic (exact) mass is 262 g/mol. The number of nitrogens with one attached hydrogen (secondary N) is 2. The zero-order valence-electron chi connectivity index (χ0n) is 8.91. The minimum atomic E-state index is -2.25. The van der Waals surface area contributed by atoms with E-state index in [1.54, 1.807) is 0 Å². The topological polar surface area (TPSA) is 136 Å². The number of alkyl halides is 1. The van der Waals surface area contributed by atoms with Crippen LogP contribution < -0.4 is 11.2 Å². The molecular formula is C9H11FN2O6. The summed E-state index contributed by atoms with van der Waals surface area (Å²) >= 11 is 0. The Morgan fingerprint density at radius 1 is 1.17 bits per heavy atom. The van der Waals surface area contributed by atoms with Crippen LogP contribution >= 0.6 is 0 Å². The van der Waals surface area contributed by atoms with Crippen molar-refractivity contribution in [1.82, 2.24) is 9.97 Å². The zero-order valence-corrected chi connectivity index (χ0v) is 8.91. The Kier molecular flexibility index (Phi) is 3.30. The molecule has 0 amide bonds. The lowest BCUT2D eigenvalue weighted by Gasteiger charge is -2.36. The van der Waals surface area contributed by atoms with Gasteiger partial charge < -0.3 is 25.0 Å². The molecule has 0 aromatic carbocycles. The van der Waals surface area contributed by atoms with Gasteiger partial charge in [-0.15, -0.1) is 0 Å². The number of hydrogen-bond donors (Lipinski definition) is 5. The van der Waals surface area contributed by atoms with Gasteiger partial charge in [0.25, 0.3) is 5.56 Å². The van der Waals surface area contributed by atoms with Crippen LogP contribution in [0.15, 0.2) is 15.8 Å². The summed E-state index contributed by atoms with van der Waals surface area (Å²) in [4.78, 5) is 26.3. The van der Waals surface area contributed by atoms with Crippen molar-refractivity contribution in [3.63, 3.8) is 0 Å². The Morgan fingerprint density at radius 3 is 2.44 bits per heavy atom. The van der Waals surface area contributed by atoms with Crippen LogP contribution in [0, 0.1) is 0 Å². The van der Waals surface area contributed by atoms with E-state index in [-0.39, 0.29) is 5.56 Å². The van der Waals surface area contributed by atoms with E-state index in [4.69, 9.17) is 5.11 Å². The van der Waals surface area contributed by atoms with Gasteiger partial charge >= 0.3 is 5.69 Å². The van der Waals surface area contributed by atoms with Gasteiger partial charge in [0, 0.05) is 6.20 Å². The second kappa shape index (κ2) is 4.61. The molecule has 1 fully saturated rings. The van der Waals surface area contributed by atoms with Gasteiger partial charge in [-0.3, -0.25) is 9.78 Å². The van der Waals surface area contributed by atoms with Crippen LogP contribution in [0.3, 0.4) is 0 Å². The fraction of sp³-hybridized carbons (Fsp3) is 0.556. The van der Waals surface area contributed by atoms with E-state index in [2.05, 4.69) is 9.72 Å². The first-order valence-electron chi connectivity index (χ1n) is 5.07. The summed E-state index contributed by atoms with van der Waals surface area (Å²) in [6, 6.07) is 0. The highest BCUT2D eigenvalue weighted by Gasteiger charge is 2.45. The van der Waals surface area contributed by atoms with Gasteiger partial charge in [0.2, 0.25) is 6.36 Å². The van der Waals surface area contributed by atoms with Crippen molar-refractivity contribution in [2.75, 3.05) is 0 Å². The lowest BCUT2D eigenvalue weighted by molar-refractivity contribution is -0.260. The quantitative estimate of drug-likeness (QED) is 0.380. The van der Waals surface area contributed by atoms with E-state index in [0.717, 1.165) is 6.20 Å². The fourth-order valence-electron chi connectivity index (χ4n) is 1.73. The van der Waals surface area contributed by atoms with Crippen molar-refractivity contribution in [3.8, 4) is 0 Å². The Morgan fingerprint density at radius 2 is 1.83 bits per heavy atom. The molecule has 5 atom stereocenters. The molecule has 5 N–H and O–H groups in total. The van der Waals surface area contributed by atoms with Gasteiger partial charge in [-0.25, -0.2) is 9.18 Å². The predicted octanol–water partition coefficient (Wildman–Crippen LogP) is -2.49. The Bertz CT molecular complexity index is 542. The van der Waals surface area contributed by atoms with Gasteiger partial charge in [-0.05, 0) is 0 Å². The molecule has 1 saturated heterocycles. The first-order valence-corrected chi connectivity index (χ1v) is 5.07. The third-order valence-corrected chi connectivity index (χ3v) is 2.71. The number of rotatable bonds is 1. The zero-order chi connectivity index (χ0) is 13.4. The van der Waals surface area contributed by atoms with Gasteiger partial charge in [0.05, 0.1) is 5.56 Å². The Balaban J connectivity index is 2.38. The molecular weight excluding hydrogens is 251 g/mol. The third kappa shape index (κ3) is 2.08. The first-order chi connectivity index (χ1) is 8.41. The molecule has 1 aromatic heterocycles. The van der Waals surface area contributed by atoms with Crippen LogP contribution in [-0.2, 0) is 4.74 Å². The predicted molar refractivity (Wildman–Crippen MR) is 54.4 cm³/mol. The molecule has 1 aromatic rings. The lowest BCUT2D eigenvalue weighted by Crippen LogP contribution is -2.53. The number of aliphatic hydroxyl groups excluding tert-OH is 3. The highest BCUT2D eigenvalue weighted by molar-refractivity contribution is 5.12. The standard InChI is InChI=1S/C9H11FN2O6/c10-7-5(15)3(13)4(14)6(18-7)2-1-11-9(17)12-8(2)16/h1,3-7,13-15H,(H2,11,12,16,17)/t3-,4-,5-,6?,7?/m0/s1. The molecule has 8 nitrogen and oxygen atoms in total. The molecule has 2 rings (SSSR count). The van der Waals surface area contributed by atoms with Crippen molar-refractivity contribution in [3.05, 3.63) is 32.6 Å². The highest BCUT2D eigenvalue weighted by atomic mass is 19.1. The minimum Gasteiger partial charge on any atom is -0.387 e. The van der Waals surface area contributed by atoms with Crippen LogP contribution in [0.1, 0.15) is 11.7 Å². The summed E-state index contributed by atoms with van der Waals surface area (Å²) in [7, 11) is 0. The van der Waals surface area contributed by atoms with E-state index >= 15 is 0 Å². The number of H-pyrrole nitrogens is 2. The summed E-state index contributed by atoms with van der Waals surface area (Å²) in [5, 5.41) is 28.2. The number of halogens is 1. The molecule has 0 spiro atoms. The molecule has 0 aliphatic carbocycles. The Labute approximate surface area is 98.7 Å². The van der Waals surface area contributed by atoms with E-state index < -0.39 is 42.0 Å². The van der Waals surface area contributed by atoms with Crippen LogP contribution in [-0.4, -0.2) is 50.0 Å². The summed E-state index contributed by atoms with van der Waals surface area (Å²) in [5.41, 5.74) is -1.90. The number of aromatic amines is 2. The maximum atomic E-state index is 13.2. The molecule has 2 heterocycles. The number of ether oxygens (including phenoxy) is 1. The van der Waals surface area contributed by atoms with Crippen LogP contribution in [0.2, 0.25) is 0 Å². The van der Waals surface area contributed by atoms with Crippen LogP contribution in [0.25, 0.3) is 0 Å². The lowest BCUT2D eigenvalue weighted by atomic mass is 9.96. The summed E-state index contributed by atoms with van der Waals surface area (Å²) in [6.45, 7) is 0. The third-order valence-electron chi connectivity index (χ3n) is 2.71. The number of hydrogen-bond acceptors (Lipinski definition) is 6. The normalized spacial score (nSPS) is 36.6. The smallest absolute Gasteiger partial charge is 0.325 e. The average Bonchev–Trinajstić information content (AvgIpc) is 2.32. The number of aromatic nitrogens is 2. The number of aliphatic hydroxyl groups is 3. The molecule has 1 aliphatic heterocycles. The van der Waals surface area contributed by atoms with Crippen molar-refractivity contribution in [2.24, 2.45) is 0 Å². The van der Waals surface area contributed by atoms with Crippen LogP contribution in [0.4, 0.5) is 4.39 Å². The summed E-state index contributed by atoms with van der Waals surface area (Å²) in [5.74, 6) is 0. The van der Waals surface area contributed by atoms with E-state index in [1.165, 1.54) is 0 Å². The molecule has 1 aliphatic rings. The Hall–Kier alpha value is -1.55. The molecule has 0 bridgehead atoms. The van der Waals surface area contributed by atoms with Gasteiger partial charge in [0.1, 0.15) is 24.4 Å². The maximum Gasteiger partial charge on any atom is 0.325 e. The van der Waals surface area contributed by atoms with E-state index in [0.29, 0.717) is 0 Å². The van der Waals surface area contributed by atoms with E-state index in [9.17, 15) is 24.2 Å². The summed E-state index contributed by atoms with van der Waals surface area (Å²) < 4.78 is 17.8. The summed E-state index contributed by atoms with van der Waals surface area (Å²) in [6.07, 6.45) is -8.19. The van der Waals surface area contributed by atoms with Gasteiger partial charge in [0.15, 0.2) is 0 Å². The molecule has 100 valence electrons. The average molecular weight is 262 g/mol. The second-order valence-corrected chi connectivity index (χ2v) is 3.91. The maximum absolute atomic E-state index is 13.2.